The zero-order chi connectivity index (χ0) is 22.9. The minimum atomic E-state index is -3.46. The zero-order valence-electron chi connectivity index (χ0n) is 19.0. The van der Waals surface area contributed by atoms with Gasteiger partial charge in [-0.25, -0.2) is 0 Å². The van der Waals surface area contributed by atoms with Crippen LogP contribution in [0.5, 0.6) is 0 Å². The monoisotopic (exact) mass is 447 g/mol. The molecule has 0 radical (unpaired) electrons. The van der Waals surface area contributed by atoms with E-state index in [1.165, 1.54) is 6.42 Å². The van der Waals surface area contributed by atoms with Crippen LogP contribution in [0.3, 0.4) is 0 Å². The van der Waals surface area contributed by atoms with Gasteiger partial charge in [0, 0.05) is 12.7 Å². The predicted molar refractivity (Wildman–Crippen MR) is 119 cm³/mol. The second-order valence-electron chi connectivity index (χ2n) is 9.57. The summed E-state index contributed by atoms with van der Waals surface area (Å²) in [6.07, 6.45) is 4.61. The van der Waals surface area contributed by atoms with Crippen LogP contribution in [0.1, 0.15) is 66.2 Å². The van der Waals surface area contributed by atoms with Crippen LogP contribution in [0.15, 0.2) is 0 Å². The molecule has 1 fully saturated rings. The van der Waals surface area contributed by atoms with Gasteiger partial charge in [0.2, 0.25) is 19.2 Å². The second kappa shape index (κ2) is 12.8. The summed E-state index contributed by atoms with van der Waals surface area (Å²) in [6, 6.07) is -1.48. The SMILES string of the molecule is CC(C)C[C@@H](NC(=O)[C@@H](N)C(C)C)C(=O)NC[C@H](O)CP(=O)(O)CC1CCCCC1. The molecule has 0 bridgehead atoms. The van der Waals surface area contributed by atoms with Crippen molar-refractivity contribution in [3.63, 3.8) is 0 Å². The van der Waals surface area contributed by atoms with Gasteiger partial charge in [0.15, 0.2) is 0 Å². The third kappa shape index (κ3) is 10.4. The molecule has 0 spiro atoms. The fraction of sp³-hybridized carbons (Fsp3) is 0.905. The van der Waals surface area contributed by atoms with Gasteiger partial charge >= 0.3 is 0 Å². The van der Waals surface area contributed by atoms with E-state index < -0.39 is 37.4 Å². The van der Waals surface area contributed by atoms with Gasteiger partial charge in [-0.15, -0.1) is 0 Å². The van der Waals surface area contributed by atoms with Crippen molar-refractivity contribution in [1.82, 2.24) is 10.6 Å². The standard InChI is InChI=1S/C21H42N3O5P/c1-14(2)10-18(24-21(27)19(22)15(3)4)20(26)23-11-17(25)13-30(28,29)12-16-8-6-5-7-9-16/h14-19,25H,5-13,22H2,1-4H3,(H,23,26)(H,24,27)(H,28,29)/t17-,18+,19-/m0/s1. The van der Waals surface area contributed by atoms with E-state index in [1.807, 2.05) is 27.7 Å². The molecular weight excluding hydrogens is 405 g/mol. The van der Waals surface area contributed by atoms with Crippen molar-refractivity contribution in [2.24, 2.45) is 23.5 Å². The molecule has 1 aliphatic carbocycles. The number of aliphatic hydroxyl groups is 1. The van der Waals surface area contributed by atoms with Crippen molar-refractivity contribution in [2.45, 2.75) is 84.4 Å². The van der Waals surface area contributed by atoms with Crippen LogP contribution in [0.2, 0.25) is 0 Å². The highest BCUT2D eigenvalue weighted by molar-refractivity contribution is 7.58. The van der Waals surface area contributed by atoms with Gasteiger partial charge in [-0.3, -0.25) is 14.2 Å². The van der Waals surface area contributed by atoms with Crippen molar-refractivity contribution in [2.75, 3.05) is 18.9 Å². The van der Waals surface area contributed by atoms with Crippen LogP contribution < -0.4 is 16.4 Å². The Kier molecular flexibility index (Phi) is 11.6. The largest absolute Gasteiger partial charge is 0.391 e. The molecule has 0 aromatic rings. The first-order chi connectivity index (χ1) is 13.9. The lowest BCUT2D eigenvalue weighted by atomic mass is 9.91. The first-order valence-corrected chi connectivity index (χ1v) is 13.3. The van der Waals surface area contributed by atoms with Gasteiger partial charge in [0.05, 0.1) is 18.3 Å². The number of nitrogens with two attached hydrogens (primary N) is 1. The summed E-state index contributed by atoms with van der Waals surface area (Å²) in [5, 5.41) is 15.5. The van der Waals surface area contributed by atoms with Crippen LogP contribution in [-0.4, -0.2) is 58.9 Å². The third-order valence-corrected chi connectivity index (χ3v) is 7.72. The minimum Gasteiger partial charge on any atom is -0.391 e. The molecule has 4 atom stereocenters. The Morgan fingerprint density at radius 2 is 1.70 bits per heavy atom. The maximum atomic E-state index is 12.6. The second-order valence-corrected chi connectivity index (χ2v) is 12.0. The Bertz CT molecular complexity index is 593. The summed E-state index contributed by atoms with van der Waals surface area (Å²) in [4.78, 5) is 35.1. The number of nitrogens with one attached hydrogen (secondary N) is 2. The summed E-state index contributed by atoms with van der Waals surface area (Å²) in [5.74, 6) is -0.468. The molecule has 30 heavy (non-hydrogen) atoms. The minimum absolute atomic E-state index is 0.0579. The van der Waals surface area contributed by atoms with E-state index >= 15 is 0 Å². The maximum Gasteiger partial charge on any atom is 0.242 e. The van der Waals surface area contributed by atoms with E-state index in [2.05, 4.69) is 10.6 Å². The number of hydrogen-bond donors (Lipinski definition) is 5. The predicted octanol–water partition coefficient (Wildman–Crippen LogP) is 1.83. The van der Waals surface area contributed by atoms with Gasteiger partial charge in [-0.05, 0) is 37.0 Å². The van der Waals surface area contributed by atoms with Crippen molar-refractivity contribution >= 4 is 19.2 Å². The molecule has 1 saturated carbocycles. The molecule has 2 amide bonds. The van der Waals surface area contributed by atoms with Crippen LogP contribution in [0.25, 0.3) is 0 Å². The van der Waals surface area contributed by atoms with Crippen LogP contribution in [0.4, 0.5) is 0 Å². The van der Waals surface area contributed by atoms with E-state index in [1.54, 1.807) is 0 Å². The quantitative estimate of drug-likeness (QED) is 0.289. The van der Waals surface area contributed by atoms with Gasteiger partial charge in [0.1, 0.15) is 6.04 Å². The lowest BCUT2D eigenvalue weighted by Gasteiger charge is -2.26. The van der Waals surface area contributed by atoms with Gasteiger partial charge < -0.3 is 26.4 Å². The van der Waals surface area contributed by atoms with Gasteiger partial charge in [-0.2, -0.15) is 0 Å². The van der Waals surface area contributed by atoms with Crippen molar-refractivity contribution in [3.05, 3.63) is 0 Å². The molecule has 0 heterocycles. The fourth-order valence-electron chi connectivity index (χ4n) is 3.86. The maximum absolute atomic E-state index is 12.6. The zero-order valence-corrected chi connectivity index (χ0v) is 19.9. The molecule has 0 aromatic carbocycles. The Morgan fingerprint density at radius 3 is 2.23 bits per heavy atom. The lowest BCUT2D eigenvalue weighted by Crippen LogP contribution is -2.54. The number of amides is 2. The molecule has 0 aliphatic heterocycles. The molecule has 9 heteroatoms. The molecule has 176 valence electrons. The van der Waals surface area contributed by atoms with Crippen molar-refractivity contribution in [1.29, 1.82) is 0 Å². The number of carbonyl (C=O) groups excluding carboxylic acids is 2. The molecule has 0 aromatic heterocycles. The van der Waals surface area contributed by atoms with Crippen molar-refractivity contribution in [3.8, 4) is 0 Å². The average Bonchev–Trinajstić information content (AvgIpc) is 2.64. The smallest absolute Gasteiger partial charge is 0.242 e. The fourth-order valence-corrected chi connectivity index (χ4v) is 5.97. The highest BCUT2D eigenvalue weighted by Crippen LogP contribution is 2.45. The topological polar surface area (TPSA) is 142 Å². The Hall–Kier alpha value is -0.950. The summed E-state index contributed by atoms with van der Waals surface area (Å²) >= 11 is 0. The molecule has 6 N–H and O–H groups in total. The Morgan fingerprint density at radius 1 is 1.10 bits per heavy atom. The summed E-state index contributed by atoms with van der Waals surface area (Å²) in [5.41, 5.74) is 5.87. The van der Waals surface area contributed by atoms with Crippen LogP contribution >= 0.6 is 7.37 Å². The van der Waals surface area contributed by atoms with E-state index in [4.69, 9.17) is 5.73 Å². The van der Waals surface area contributed by atoms with E-state index in [0.29, 0.717) is 6.42 Å². The van der Waals surface area contributed by atoms with E-state index in [9.17, 15) is 24.2 Å². The van der Waals surface area contributed by atoms with Crippen molar-refractivity contribution < 1.29 is 24.2 Å². The molecule has 1 rings (SSSR count). The molecule has 1 unspecified atom stereocenters. The molecule has 0 saturated heterocycles. The van der Waals surface area contributed by atoms with E-state index in [0.717, 1.165) is 25.7 Å². The molecule has 8 nitrogen and oxygen atoms in total. The number of hydrogen-bond acceptors (Lipinski definition) is 5. The number of aliphatic hydroxyl groups excluding tert-OH is 1. The average molecular weight is 448 g/mol. The van der Waals surface area contributed by atoms with Crippen LogP contribution in [0, 0.1) is 17.8 Å². The number of carbonyl (C=O) groups is 2. The third-order valence-electron chi connectivity index (χ3n) is 5.64. The normalized spacial score (nSPS) is 20.4. The Labute approximate surface area is 181 Å². The first-order valence-electron chi connectivity index (χ1n) is 11.2. The molecule has 1 aliphatic rings. The summed E-state index contributed by atoms with van der Waals surface area (Å²) < 4.78 is 12.5. The van der Waals surface area contributed by atoms with Gasteiger partial charge in [-0.1, -0.05) is 47.0 Å². The first kappa shape index (κ1) is 27.1. The lowest BCUT2D eigenvalue weighted by molar-refractivity contribution is -0.130. The van der Waals surface area contributed by atoms with Crippen LogP contribution in [-0.2, 0) is 14.2 Å². The summed E-state index contributed by atoms with van der Waals surface area (Å²) in [7, 11) is -3.46. The Balaban J connectivity index is 2.55. The highest BCUT2D eigenvalue weighted by atomic mass is 31.2. The molecular formula is C21H42N3O5P. The van der Waals surface area contributed by atoms with E-state index in [-0.39, 0.29) is 36.6 Å². The number of rotatable bonds is 12. The highest BCUT2D eigenvalue weighted by Gasteiger charge is 2.30. The van der Waals surface area contributed by atoms with Gasteiger partial charge in [0.25, 0.3) is 0 Å². The summed E-state index contributed by atoms with van der Waals surface area (Å²) in [6.45, 7) is 7.42.